The molecule has 0 bridgehead atoms. The Labute approximate surface area is 104 Å². The lowest BCUT2D eigenvalue weighted by molar-refractivity contribution is 0.401. The van der Waals surface area contributed by atoms with Gasteiger partial charge in [-0.2, -0.15) is 0 Å². The van der Waals surface area contributed by atoms with Crippen LogP contribution in [0.2, 0.25) is 0 Å². The molecule has 0 aromatic heterocycles. The summed E-state index contributed by atoms with van der Waals surface area (Å²) >= 11 is 0. The SMILES string of the molecule is CCCCCC(Cc1ccccc1OC)NN. The van der Waals surface area contributed by atoms with E-state index in [-0.39, 0.29) is 0 Å². The summed E-state index contributed by atoms with van der Waals surface area (Å²) in [7, 11) is 1.71. The quantitative estimate of drug-likeness (QED) is 0.414. The van der Waals surface area contributed by atoms with E-state index in [1.54, 1.807) is 7.11 Å². The minimum atomic E-state index is 0.331. The Kier molecular flexibility index (Phi) is 6.67. The molecule has 0 aliphatic heterocycles. The molecule has 1 rings (SSSR count). The lowest BCUT2D eigenvalue weighted by atomic mass is 10.0. The predicted octanol–water partition coefficient (Wildman–Crippen LogP) is 2.65. The van der Waals surface area contributed by atoms with E-state index in [0.717, 1.165) is 18.6 Å². The summed E-state index contributed by atoms with van der Waals surface area (Å²) in [5, 5.41) is 0. The second-order valence-corrected chi connectivity index (χ2v) is 4.38. The molecule has 1 unspecified atom stereocenters. The van der Waals surface area contributed by atoms with Crippen molar-refractivity contribution in [2.24, 2.45) is 5.84 Å². The minimum absolute atomic E-state index is 0.331. The van der Waals surface area contributed by atoms with E-state index in [9.17, 15) is 0 Å². The van der Waals surface area contributed by atoms with Crippen molar-refractivity contribution in [1.29, 1.82) is 0 Å². The lowest BCUT2D eigenvalue weighted by Crippen LogP contribution is -2.36. The van der Waals surface area contributed by atoms with Gasteiger partial charge in [-0.3, -0.25) is 11.3 Å². The molecule has 96 valence electrons. The topological polar surface area (TPSA) is 47.3 Å². The fraction of sp³-hybridized carbons (Fsp3) is 0.571. The molecule has 1 aromatic carbocycles. The third-order valence-corrected chi connectivity index (χ3v) is 3.05. The van der Waals surface area contributed by atoms with Gasteiger partial charge in [-0.05, 0) is 24.5 Å². The molecule has 0 saturated heterocycles. The van der Waals surface area contributed by atoms with Crippen molar-refractivity contribution >= 4 is 0 Å². The van der Waals surface area contributed by atoms with Gasteiger partial charge >= 0.3 is 0 Å². The predicted molar refractivity (Wildman–Crippen MR) is 72.0 cm³/mol. The van der Waals surface area contributed by atoms with Crippen LogP contribution in [-0.2, 0) is 6.42 Å². The lowest BCUT2D eigenvalue weighted by Gasteiger charge is -2.17. The zero-order valence-electron chi connectivity index (χ0n) is 10.9. The average Bonchev–Trinajstić information content (AvgIpc) is 2.38. The highest BCUT2D eigenvalue weighted by Crippen LogP contribution is 2.20. The summed E-state index contributed by atoms with van der Waals surface area (Å²) in [6, 6.07) is 8.46. The van der Waals surface area contributed by atoms with Crippen LogP contribution < -0.4 is 16.0 Å². The van der Waals surface area contributed by atoms with Crippen LogP contribution in [0.1, 0.15) is 38.2 Å². The molecule has 0 aliphatic carbocycles. The monoisotopic (exact) mass is 236 g/mol. The molecule has 0 amide bonds. The maximum atomic E-state index is 5.60. The number of hydrogen-bond donors (Lipinski definition) is 2. The van der Waals surface area contributed by atoms with Gasteiger partial charge in [0.2, 0.25) is 0 Å². The van der Waals surface area contributed by atoms with Gasteiger partial charge < -0.3 is 4.74 Å². The molecule has 0 saturated carbocycles. The van der Waals surface area contributed by atoms with Crippen molar-refractivity contribution in [3.63, 3.8) is 0 Å². The van der Waals surface area contributed by atoms with Gasteiger partial charge in [0.1, 0.15) is 5.75 Å². The van der Waals surface area contributed by atoms with Crippen molar-refractivity contribution in [3.8, 4) is 5.75 Å². The van der Waals surface area contributed by atoms with Crippen LogP contribution in [0, 0.1) is 0 Å². The van der Waals surface area contributed by atoms with Crippen molar-refractivity contribution < 1.29 is 4.74 Å². The second-order valence-electron chi connectivity index (χ2n) is 4.38. The first kappa shape index (κ1) is 14.0. The molecule has 0 fully saturated rings. The van der Waals surface area contributed by atoms with Crippen molar-refractivity contribution in [2.75, 3.05) is 7.11 Å². The Morgan fingerprint density at radius 2 is 2.06 bits per heavy atom. The maximum Gasteiger partial charge on any atom is 0.122 e. The highest BCUT2D eigenvalue weighted by Gasteiger charge is 2.10. The van der Waals surface area contributed by atoms with E-state index >= 15 is 0 Å². The molecular formula is C14H24N2O. The largest absolute Gasteiger partial charge is 0.496 e. The van der Waals surface area contributed by atoms with Crippen molar-refractivity contribution in [1.82, 2.24) is 5.43 Å². The van der Waals surface area contributed by atoms with Crippen LogP contribution >= 0.6 is 0 Å². The smallest absolute Gasteiger partial charge is 0.122 e. The zero-order valence-corrected chi connectivity index (χ0v) is 10.9. The zero-order chi connectivity index (χ0) is 12.5. The highest BCUT2D eigenvalue weighted by atomic mass is 16.5. The number of nitrogens with one attached hydrogen (secondary N) is 1. The number of para-hydroxylation sites is 1. The number of hydrazine groups is 1. The fourth-order valence-corrected chi connectivity index (χ4v) is 2.02. The Morgan fingerprint density at radius 3 is 2.71 bits per heavy atom. The van der Waals surface area contributed by atoms with Crippen LogP contribution in [0.4, 0.5) is 0 Å². The van der Waals surface area contributed by atoms with E-state index in [1.807, 2.05) is 18.2 Å². The Morgan fingerprint density at radius 1 is 1.29 bits per heavy atom. The number of unbranched alkanes of at least 4 members (excludes halogenated alkanes) is 2. The summed E-state index contributed by atoms with van der Waals surface area (Å²) in [6.45, 7) is 2.21. The normalized spacial score (nSPS) is 12.4. The number of methoxy groups -OCH3 is 1. The van der Waals surface area contributed by atoms with E-state index in [2.05, 4.69) is 18.4 Å². The minimum Gasteiger partial charge on any atom is -0.496 e. The van der Waals surface area contributed by atoms with Crippen LogP contribution in [0.15, 0.2) is 24.3 Å². The van der Waals surface area contributed by atoms with Gasteiger partial charge in [0.05, 0.1) is 7.11 Å². The third kappa shape index (κ3) is 4.75. The summed E-state index contributed by atoms with van der Waals surface area (Å²) in [5.41, 5.74) is 4.12. The summed E-state index contributed by atoms with van der Waals surface area (Å²) in [4.78, 5) is 0. The average molecular weight is 236 g/mol. The number of ether oxygens (including phenoxy) is 1. The summed E-state index contributed by atoms with van der Waals surface area (Å²) in [5.74, 6) is 6.55. The first-order chi connectivity index (χ1) is 8.31. The fourth-order valence-electron chi connectivity index (χ4n) is 2.02. The van der Waals surface area contributed by atoms with Crippen molar-refractivity contribution in [2.45, 2.75) is 45.1 Å². The van der Waals surface area contributed by atoms with Gasteiger partial charge in [-0.25, -0.2) is 0 Å². The first-order valence-electron chi connectivity index (χ1n) is 6.39. The second kappa shape index (κ2) is 8.09. The number of rotatable bonds is 8. The molecule has 1 atom stereocenters. The standard InChI is InChI=1S/C14H24N2O/c1-3-4-5-9-13(16-15)11-12-8-6-7-10-14(12)17-2/h6-8,10,13,16H,3-5,9,11,15H2,1-2H3. The van der Waals surface area contributed by atoms with E-state index in [0.29, 0.717) is 6.04 Å². The van der Waals surface area contributed by atoms with Gasteiger partial charge in [0.25, 0.3) is 0 Å². The molecule has 3 heteroatoms. The Balaban J connectivity index is 2.54. The number of nitrogens with two attached hydrogens (primary N) is 1. The van der Waals surface area contributed by atoms with Crippen LogP contribution in [0.25, 0.3) is 0 Å². The van der Waals surface area contributed by atoms with Gasteiger partial charge in [-0.1, -0.05) is 44.4 Å². The van der Waals surface area contributed by atoms with Crippen LogP contribution in [0.5, 0.6) is 5.75 Å². The van der Waals surface area contributed by atoms with Crippen molar-refractivity contribution in [3.05, 3.63) is 29.8 Å². The molecule has 17 heavy (non-hydrogen) atoms. The highest BCUT2D eigenvalue weighted by molar-refractivity contribution is 5.33. The van der Waals surface area contributed by atoms with E-state index in [1.165, 1.54) is 24.8 Å². The summed E-state index contributed by atoms with van der Waals surface area (Å²) < 4.78 is 5.35. The molecule has 0 aliphatic rings. The Hall–Kier alpha value is -1.06. The molecule has 0 radical (unpaired) electrons. The Bertz CT molecular complexity index is 315. The molecule has 0 spiro atoms. The molecule has 3 N–H and O–H groups in total. The number of benzene rings is 1. The molecule has 3 nitrogen and oxygen atoms in total. The van der Waals surface area contributed by atoms with E-state index < -0.39 is 0 Å². The molecular weight excluding hydrogens is 212 g/mol. The van der Waals surface area contributed by atoms with Gasteiger partial charge in [-0.15, -0.1) is 0 Å². The van der Waals surface area contributed by atoms with Crippen LogP contribution in [-0.4, -0.2) is 13.2 Å². The third-order valence-electron chi connectivity index (χ3n) is 3.05. The van der Waals surface area contributed by atoms with Gasteiger partial charge in [0, 0.05) is 6.04 Å². The first-order valence-corrected chi connectivity index (χ1v) is 6.39. The maximum absolute atomic E-state index is 5.60. The molecule has 1 aromatic rings. The molecule has 0 heterocycles. The van der Waals surface area contributed by atoms with Crippen LogP contribution in [0.3, 0.4) is 0 Å². The summed E-state index contributed by atoms with van der Waals surface area (Å²) in [6.07, 6.45) is 5.77. The van der Waals surface area contributed by atoms with E-state index in [4.69, 9.17) is 10.6 Å². The van der Waals surface area contributed by atoms with Gasteiger partial charge in [0.15, 0.2) is 0 Å². The number of hydrogen-bond acceptors (Lipinski definition) is 3.